The molecule has 0 saturated heterocycles. The van der Waals surface area contributed by atoms with Crippen LogP contribution in [0.5, 0.6) is 0 Å². The Balaban J connectivity index is 1.17. The summed E-state index contributed by atoms with van der Waals surface area (Å²) in [5.74, 6) is 0.980. The van der Waals surface area contributed by atoms with Crippen LogP contribution in [-0.4, -0.2) is 14.5 Å². The predicted octanol–water partition coefficient (Wildman–Crippen LogP) is 12.4. The van der Waals surface area contributed by atoms with Gasteiger partial charge in [-0.25, -0.2) is 9.97 Å². The summed E-state index contributed by atoms with van der Waals surface area (Å²) in [7, 11) is 0. The molecule has 0 atom stereocenters. The number of fused-ring (bicyclic) bond motifs is 9. The van der Waals surface area contributed by atoms with Crippen molar-refractivity contribution in [1.29, 1.82) is 0 Å². The number of para-hydroxylation sites is 3. The monoisotopic (exact) mass is 699 g/mol. The fourth-order valence-corrected chi connectivity index (χ4v) is 10.1. The van der Waals surface area contributed by atoms with Gasteiger partial charge in [-0.1, -0.05) is 114 Å². The molecule has 0 unspecified atom stereocenters. The average molecular weight is 700 g/mol. The molecule has 0 spiro atoms. The summed E-state index contributed by atoms with van der Waals surface area (Å²) in [6.07, 6.45) is 3.84. The van der Waals surface area contributed by atoms with E-state index in [0.717, 1.165) is 22.8 Å². The van der Waals surface area contributed by atoms with Crippen molar-refractivity contribution in [3.8, 4) is 5.69 Å². The van der Waals surface area contributed by atoms with E-state index in [1.165, 1.54) is 72.4 Å². The Morgan fingerprint density at radius 1 is 0.407 bits per heavy atom. The minimum absolute atomic E-state index is 0.184. The first-order valence-corrected chi connectivity index (χ1v) is 19.0. The summed E-state index contributed by atoms with van der Waals surface area (Å²) in [6.45, 7) is 14.1. The molecule has 0 aliphatic carbocycles. The van der Waals surface area contributed by atoms with Crippen molar-refractivity contribution in [3.63, 3.8) is 0 Å². The number of aromatic nitrogens is 3. The fourth-order valence-electron chi connectivity index (χ4n) is 10.1. The topological polar surface area (TPSA) is 37.2 Å². The molecule has 11 rings (SSSR count). The first kappa shape index (κ1) is 31.3. The van der Waals surface area contributed by atoms with E-state index in [1.807, 2.05) is 12.4 Å². The highest BCUT2D eigenvalue weighted by atomic mass is 15.2. The van der Waals surface area contributed by atoms with Crippen LogP contribution in [-0.2, 0) is 16.2 Å². The minimum Gasteiger partial charge on any atom is -0.310 e. The average Bonchev–Trinajstić information content (AvgIpc) is 3.52. The number of hydrogen-bond donors (Lipinski definition) is 0. The Kier molecular flexibility index (Phi) is 6.08. The maximum Gasteiger partial charge on any atom is 0.145 e. The molecule has 0 radical (unpaired) electrons. The van der Waals surface area contributed by atoms with Crippen LogP contribution >= 0.6 is 0 Å². The van der Waals surface area contributed by atoms with Gasteiger partial charge in [0, 0.05) is 56.3 Å². The zero-order chi connectivity index (χ0) is 36.7. The highest BCUT2D eigenvalue weighted by Gasteiger charge is 2.41. The Morgan fingerprint density at radius 2 is 0.926 bits per heavy atom. The van der Waals surface area contributed by atoms with E-state index in [2.05, 4.69) is 183 Å². The lowest BCUT2D eigenvalue weighted by molar-refractivity contribution is 0.626. The van der Waals surface area contributed by atoms with Crippen LogP contribution in [0.25, 0.3) is 27.6 Å². The van der Waals surface area contributed by atoms with Crippen molar-refractivity contribution in [3.05, 3.63) is 173 Å². The number of anilines is 6. The van der Waals surface area contributed by atoms with E-state index in [1.54, 1.807) is 0 Å². The number of benzene rings is 5. The van der Waals surface area contributed by atoms with E-state index in [-0.39, 0.29) is 16.2 Å². The van der Waals surface area contributed by atoms with E-state index in [0.29, 0.717) is 0 Å². The second-order valence-corrected chi connectivity index (χ2v) is 16.8. The van der Waals surface area contributed by atoms with Gasteiger partial charge in [-0.3, -0.25) is 9.47 Å². The highest BCUT2D eigenvalue weighted by Crippen LogP contribution is 2.57. The summed E-state index contributed by atoms with van der Waals surface area (Å²) in [4.78, 5) is 14.9. The maximum atomic E-state index is 5.05. The molecule has 5 aromatic carbocycles. The Bertz CT molecular complexity index is 2840. The Morgan fingerprint density at radius 3 is 1.69 bits per heavy atom. The molecular weight excluding hydrogens is 659 g/mol. The van der Waals surface area contributed by atoms with Crippen LogP contribution in [0, 0.1) is 0 Å². The molecule has 5 heteroatoms. The summed E-state index contributed by atoms with van der Waals surface area (Å²) in [5.41, 5.74) is 16.3. The number of nitrogens with zero attached hydrogens (tertiary/aromatic N) is 5. The summed E-state index contributed by atoms with van der Waals surface area (Å²) < 4.78 is 2.41. The van der Waals surface area contributed by atoms with Crippen molar-refractivity contribution < 1.29 is 0 Å². The third kappa shape index (κ3) is 3.89. The van der Waals surface area contributed by atoms with Gasteiger partial charge in [-0.05, 0) is 82.4 Å². The van der Waals surface area contributed by atoms with Gasteiger partial charge in [-0.2, -0.15) is 0 Å². The first-order chi connectivity index (χ1) is 26.1. The van der Waals surface area contributed by atoms with Crippen LogP contribution in [0.2, 0.25) is 0 Å². The molecule has 0 amide bonds. The molecule has 0 bridgehead atoms. The lowest BCUT2D eigenvalue weighted by atomic mass is 9.72. The maximum absolute atomic E-state index is 5.05. The third-order valence-corrected chi connectivity index (χ3v) is 12.8. The van der Waals surface area contributed by atoms with Crippen molar-refractivity contribution in [2.75, 3.05) is 9.80 Å². The van der Waals surface area contributed by atoms with Gasteiger partial charge in [-0.15, -0.1) is 0 Å². The smallest absolute Gasteiger partial charge is 0.145 e. The SMILES string of the molecule is CC1(C)c2ccccc2N(c2ccc3c(c2)-n2c4ncccc4c4cccc(c42)C3(C)C)c2cc(N3c4ccccc4C(C)(C)c4cccnc43)ccc21. The molecule has 0 fully saturated rings. The molecule has 262 valence electrons. The van der Waals surface area contributed by atoms with Crippen molar-refractivity contribution in [1.82, 2.24) is 14.5 Å². The second kappa shape index (κ2) is 10.5. The Labute approximate surface area is 316 Å². The van der Waals surface area contributed by atoms with E-state index in [4.69, 9.17) is 9.97 Å². The molecule has 8 aromatic rings. The zero-order valence-corrected chi connectivity index (χ0v) is 31.5. The molecule has 5 nitrogen and oxygen atoms in total. The van der Waals surface area contributed by atoms with Gasteiger partial charge in [0.2, 0.25) is 0 Å². The van der Waals surface area contributed by atoms with Gasteiger partial charge in [0.25, 0.3) is 0 Å². The molecule has 0 saturated carbocycles. The fraction of sp³-hybridized carbons (Fsp3) is 0.184. The summed E-state index contributed by atoms with van der Waals surface area (Å²) in [5, 5.41) is 2.43. The van der Waals surface area contributed by atoms with Crippen LogP contribution < -0.4 is 9.80 Å². The van der Waals surface area contributed by atoms with Gasteiger partial charge >= 0.3 is 0 Å². The second-order valence-electron chi connectivity index (χ2n) is 16.8. The number of hydrogen-bond acceptors (Lipinski definition) is 4. The summed E-state index contributed by atoms with van der Waals surface area (Å²) in [6, 6.07) is 47.2. The van der Waals surface area contributed by atoms with E-state index >= 15 is 0 Å². The zero-order valence-electron chi connectivity index (χ0n) is 31.5. The largest absolute Gasteiger partial charge is 0.310 e. The number of rotatable bonds is 2. The molecule has 3 aromatic heterocycles. The number of pyridine rings is 2. The quantitative estimate of drug-likeness (QED) is 0.180. The van der Waals surface area contributed by atoms with E-state index in [9.17, 15) is 0 Å². The van der Waals surface area contributed by atoms with Crippen LogP contribution in [0.1, 0.15) is 74.9 Å². The van der Waals surface area contributed by atoms with Crippen molar-refractivity contribution >= 4 is 56.2 Å². The van der Waals surface area contributed by atoms with Crippen molar-refractivity contribution in [2.45, 2.75) is 57.8 Å². The van der Waals surface area contributed by atoms with Gasteiger partial charge in [0.05, 0.1) is 28.3 Å². The van der Waals surface area contributed by atoms with Gasteiger partial charge < -0.3 is 4.90 Å². The van der Waals surface area contributed by atoms with Gasteiger partial charge in [0.15, 0.2) is 0 Å². The van der Waals surface area contributed by atoms with Crippen LogP contribution in [0.3, 0.4) is 0 Å². The van der Waals surface area contributed by atoms with Crippen molar-refractivity contribution in [2.24, 2.45) is 0 Å². The Hall–Kier alpha value is -6.20. The molecule has 6 heterocycles. The molecule has 3 aliphatic rings. The minimum atomic E-state index is -0.221. The van der Waals surface area contributed by atoms with Gasteiger partial charge in [0.1, 0.15) is 11.5 Å². The normalized spacial score (nSPS) is 16.7. The lowest BCUT2D eigenvalue weighted by Crippen LogP contribution is -2.33. The third-order valence-electron chi connectivity index (χ3n) is 12.8. The highest BCUT2D eigenvalue weighted by molar-refractivity contribution is 6.10. The molecule has 54 heavy (non-hydrogen) atoms. The van der Waals surface area contributed by atoms with Crippen LogP contribution in [0.15, 0.2) is 140 Å². The molecule has 0 N–H and O–H groups in total. The molecule has 3 aliphatic heterocycles. The predicted molar refractivity (Wildman–Crippen MR) is 222 cm³/mol. The first-order valence-electron chi connectivity index (χ1n) is 19.0. The van der Waals surface area contributed by atoms with E-state index < -0.39 is 0 Å². The van der Waals surface area contributed by atoms with Crippen LogP contribution in [0.4, 0.5) is 34.3 Å². The summed E-state index contributed by atoms with van der Waals surface area (Å²) >= 11 is 0. The molecular formula is C49H41N5. The lowest BCUT2D eigenvalue weighted by Gasteiger charge is -2.44. The standard InChI is InChI=1S/C49H41N5/c1-47(2)34-16-7-9-20-40(34)52(30-22-24-37-43(28-30)54-44-32(33-15-12-26-50-45(33)54)14-11-18-38(44)48(37,3)4)42-29-31(23-25-36(42)47)53-41-21-10-8-17-35(41)49(5,6)39-19-13-27-51-46(39)53/h7-29H,1-6H3.